The zero-order chi connectivity index (χ0) is 24.9. The summed E-state index contributed by atoms with van der Waals surface area (Å²) in [6.45, 7) is 1.94. The Morgan fingerprint density at radius 2 is 1.43 bits per heavy atom. The maximum atomic E-state index is 12.9. The number of pyridine rings is 1. The fourth-order valence-corrected chi connectivity index (χ4v) is 3.74. The number of fused-ring (bicyclic) bond motifs is 1. The van der Waals surface area contributed by atoms with Crippen LogP contribution in [-0.4, -0.2) is 39.3 Å². The van der Waals surface area contributed by atoms with Gasteiger partial charge in [0.15, 0.2) is 23.0 Å². The van der Waals surface area contributed by atoms with E-state index in [0.29, 0.717) is 34.2 Å². The average Bonchev–Trinajstić information content (AvgIpc) is 2.89. The third kappa shape index (κ3) is 4.91. The third-order valence-corrected chi connectivity index (χ3v) is 5.66. The summed E-state index contributed by atoms with van der Waals surface area (Å²) in [5, 5.41) is 7.29. The van der Waals surface area contributed by atoms with Gasteiger partial charge in [0.05, 0.1) is 34.0 Å². The molecule has 0 aliphatic rings. The Labute approximate surface area is 203 Å². The van der Waals surface area contributed by atoms with E-state index < -0.39 is 0 Å². The molecule has 1 heterocycles. The summed E-state index contributed by atoms with van der Waals surface area (Å²) in [4.78, 5) is 17.4. The first-order valence-electron chi connectivity index (χ1n) is 10.9. The van der Waals surface area contributed by atoms with Gasteiger partial charge in [-0.15, -0.1) is 0 Å². The minimum atomic E-state index is -0.252. The van der Waals surface area contributed by atoms with Crippen LogP contribution in [-0.2, 0) is 0 Å². The fraction of sp³-hybridized carbons (Fsp3) is 0.185. The second kappa shape index (κ2) is 10.2. The molecular weight excluding hydrogens is 446 g/mol. The highest BCUT2D eigenvalue weighted by molar-refractivity contribution is 6.05. The van der Waals surface area contributed by atoms with Crippen molar-refractivity contribution >= 4 is 33.9 Å². The van der Waals surface area contributed by atoms with Crippen LogP contribution in [0, 0.1) is 6.92 Å². The van der Waals surface area contributed by atoms with Gasteiger partial charge in [0.1, 0.15) is 0 Å². The Morgan fingerprint density at radius 1 is 0.743 bits per heavy atom. The van der Waals surface area contributed by atoms with Crippen LogP contribution in [0.15, 0.2) is 60.8 Å². The summed E-state index contributed by atoms with van der Waals surface area (Å²) >= 11 is 0. The zero-order valence-electron chi connectivity index (χ0n) is 20.3. The molecule has 2 N–H and O–H groups in total. The lowest BCUT2D eigenvalue weighted by atomic mass is 10.1. The normalized spacial score (nSPS) is 10.5. The van der Waals surface area contributed by atoms with E-state index in [1.165, 1.54) is 7.11 Å². The minimum absolute atomic E-state index is 0.252. The molecule has 0 fully saturated rings. The van der Waals surface area contributed by atoms with E-state index in [1.54, 1.807) is 45.7 Å². The number of nitrogens with zero attached hydrogens (tertiary/aromatic N) is 1. The fourth-order valence-electron chi connectivity index (χ4n) is 3.74. The van der Waals surface area contributed by atoms with Crippen molar-refractivity contribution in [2.45, 2.75) is 6.92 Å². The van der Waals surface area contributed by atoms with Crippen molar-refractivity contribution in [2.24, 2.45) is 0 Å². The highest BCUT2D eigenvalue weighted by Crippen LogP contribution is 2.36. The molecule has 0 aliphatic carbocycles. The van der Waals surface area contributed by atoms with Crippen LogP contribution in [0.2, 0.25) is 0 Å². The number of nitrogens with one attached hydrogen (secondary N) is 2. The second-order valence-electron chi connectivity index (χ2n) is 7.76. The van der Waals surface area contributed by atoms with Crippen molar-refractivity contribution in [3.05, 3.63) is 71.9 Å². The molecular formula is C27H27N3O5. The summed E-state index contributed by atoms with van der Waals surface area (Å²) in [7, 11) is 6.28. The predicted octanol–water partition coefficient (Wildman–Crippen LogP) is 5.57. The van der Waals surface area contributed by atoms with Crippen LogP contribution in [0.1, 0.15) is 15.9 Å². The number of ether oxygens (including phenoxy) is 4. The monoisotopic (exact) mass is 473 g/mol. The van der Waals surface area contributed by atoms with Gasteiger partial charge in [-0.3, -0.25) is 9.78 Å². The van der Waals surface area contributed by atoms with Crippen molar-refractivity contribution in [3.63, 3.8) is 0 Å². The number of aryl methyl sites for hydroxylation is 1. The molecule has 0 saturated carbocycles. The van der Waals surface area contributed by atoms with E-state index in [1.807, 2.05) is 43.3 Å². The average molecular weight is 474 g/mol. The number of benzene rings is 3. The number of carbonyl (C=O) groups excluding carboxylic acids is 1. The second-order valence-corrected chi connectivity index (χ2v) is 7.76. The van der Waals surface area contributed by atoms with Crippen LogP contribution < -0.4 is 29.6 Å². The zero-order valence-corrected chi connectivity index (χ0v) is 20.3. The predicted molar refractivity (Wildman–Crippen MR) is 137 cm³/mol. The van der Waals surface area contributed by atoms with Crippen LogP contribution in [0.3, 0.4) is 0 Å². The summed E-state index contributed by atoms with van der Waals surface area (Å²) < 4.78 is 21.4. The first kappa shape index (κ1) is 23.7. The minimum Gasteiger partial charge on any atom is -0.493 e. The Bertz CT molecular complexity index is 1390. The lowest BCUT2D eigenvalue weighted by Gasteiger charge is -2.15. The third-order valence-electron chi connectivity index (χ3n) is 5.66. The first-order valence-corrected chi connectivity index (χ1v) is 10.9. The molecule has 180 valence electrons. The number of hydrogen-bond acceptors (Lipinski definition) is 7. The lowest BCUT2D eigenvalue weighted by Crippen LogP contribution is -2.13. The Morgan fingerprint density at radius 3 is 2.14 bits per heavy atom. The van der Waals surface area contributed by atoms with Crippen molar-refractivity contribution in [1.29, 1.82) is 0 Å². The standard InChI is InChI=1S/C27H27N3O5/c1-16-6-8-18(13-21(16)30-27(31)17-7-9-23(32-2)24(12-17)33-3)29-20-10-11-28-22-15-26(35-5)25(34-4)14-19(20)22/h6-15H,1-5H3,(H,28,29)(H,30,31). The topological polar surface area (TPSA) is 90.9 Å². The Hall–Kier alpha value is -4.46. The molecule has 8 heteroatoms. The summed E-state index contributed by atoms with van der Waals surface area (Å²) in [5.74, 6) is 2.02. The lowest BCUT2D eigenvalue weighted by molar-refractivity contribution is 0.102. The number of rotatable bonds is 8. The highest BCUT2D eigenvalue weighted by Gasteiger charge is 2.14. The van der Waals surface area contributed by atoms with E-state index in [0.717, 1.165) is 27.8 Å². The first-order chi connectivity index (χ1) is 17.0. The van der Waals surface area contributed by atoms with E-state index in [9.17, 15) is 4.79 Å². The quantitative estimate of drug-likeness (QED) is 0.345. The van der Waals surface area contributed by atoms with Crippen LogP contribution >= 0.6 is 0 Å². The van der Waals surface area contributed by atoms with Crippen LogP contribution in [0.4, 0.5) is 17.1 Å². The van der Waals surface area contributed by atoms with Gasteiger partial charge in [-0.1, -0.05) is 6.07 Å². The number of methoxy groups -OCH3 is 4. The molecule has 0 spiro atoms. The van der Waals surface area contributed by atoms with Crippen molar-refractivity contribution in [1.82, 2.24) is 4.98 Å². The molecule has 0 saturated heterocycles. The summed E-state index contributed by atoms with van der Waals surface area (Å²) in [6, 6.07) is 16.4. The number of hydrogen-bond donors (Lipinski definition) is 2. The largest absolute Gasteiger partial charge is 0.493 e. The van der Waals surface area contributed by atoms with E-state index in [-0.39, 0.29) is 5.91 Å². The van der Waals surface area contributed by atoms with E-state index in [4.69, 9.17) is 18.9 Å². The van der Waals surface area contributed by atoms with Gasteiger partial charge in [0.25, 0.3) is 5.91 Å². The van der Waals surface area contributed by atoms with Gasteiger partial charge in [-0.2, -0.15) is 0 Å². The molecule has 35 heavy (non-hydrogen) atoms. The maximum absolute atomic E-state index is 12.9. The van der Waals surface area contributed by atoms with Crippen LogP contribution in [0.25, 0.3) is 10.9 Å². The van der Waals surface area contributed by atoms with Crippen molar-refractivity contribution in [2.75, 3.05) is 39.1 Å². The summed E-state index contributed by atoms with van der Waals surface area (Å²) in [6.07, 6.45) is 1.73. The number of anilines is 3. The molecule has 1 amide bonds. The number of aromatic nitrogens is 1. The number of amides is 1. The number of carbonyl (C=O) groups is 1. The Kier molecular flexibility index (Phi) is 6.91. The maximum Gasteiger partial charge on any atom is 0.255 e. The Balaban J connectivity index is 1.62. The molecule has 3 aromatic carbocycles. The molecule has 0 unspecified atom stereocenters. The molecule has 1 aromatic heterocycles. The summed E-state index contributed by atoms with van der Waals surface area (Å²) in [5.41, 5.74) is 4.49. The molecule has 4 aromatic rings. The highest BCUT2D eigenvalue weighted by atomic mass is 16.5. The SMILES string of the molecule is COc1ccc(C(=O)Nc2cc(Nc3ccnc4cc(OC)c(OC)cc34)ccc2C)cc1OC. The molecule has 8 nitrogen and oxygen atoms in total. The smallest absolute Gasteiger partial charge is 0.255 e. The van der Waals surface area contributed by atoms with E-state index in [2.05, 4.69) is 15.6 Å². The van der Waals surface area contributed by atoms with Gasteiger partial charge in [0.2, 0.25) is 0 Å². The molecule has 4 rings (SSSR count). The van der Waals surface area contributed by atoms with Gasteiger partial charge < -0.3 is 29.6 Å². The molecule has 0 atom stereocenters. The van der Waals surface area contributed by atoms with Crippen molar-refractivity contribution < 1.29 is 23.7 Å². The molecule has 0 aliphatic heterocycles. The van der Waals surface area contributed by atoms with Crippen molar-refractivity contribution in [3.8, 4) is 23.0 Å². The van der Waals surface area contributed by atoms with Gasteiger partial charge >= 0.3 is 0 Å². The van der Waals surface area contributed by atoms with Gasteiger partial charge in [0, 0.05) is 40.3 Å². The molecule has 0 radical (unpaired) electrons. The van der Waals surface area contributed by atoms with Crippen LogP contribution in [0.5, 0.6) is 23.0 Å². The molecule has 0 bridgehead atoms. The van der Waals surface area contributed by atoms with E-state index >= 15 is 0 Å². The van der Waals surface area contributed by atoms with Gasteiger partial charge in [-0.05, 0) is 55.0 Å². The van der Waals surface area contributed by atoms with Gasteiger partial charge in [-0.25, -0.2) is 0 Å².